The number of hydrogen-bond donors (Lipinski definition) is 2. The lowest BCUT2D eigenvalue weighted by atomic mass is 9.74. The minimum absolute atomic E-state index is 0.0637. The topological polar surface area (TPSA) is 104 Å². The molecule has 1 aliphatic carbocycles. The molecule has 2 N–H and O–H groups in total. The quantitative estimate of drug-likeness (QED) is 0.735. The van der Waals surface area contributed by atoms with Crippen LogP contribution in [-0.2, 0) is 26.0 Å². The van der Waals surface area contributed by atoms with Crippen molar-refractivity contribution in [2.45, 2.75) is 61.8 Å². The van der Waals surface area contributed by atoms with E-state index in [0.717, 1.165) is 25.7 Å². The van der Waals surface area contributed by atoms with Crippen LogP contribution < -0.4 is 5.32 Å². The third-order valence-electron chi connectivity index (χ3n) is 5.45. The fourth-order valence-corrected chi connectivity index (χ4v) is 5.32. The van der Waals surface area contributed by atoms with E-state index in [1.54, 1.807) is 24.3 Å². The van der Waals surface area contributed by atoms with Gasteiger partial charge in [-0.05, 0) is 49.8 Å². The van der Waals surface area contributed by atoms with E-state index < -0.39 is 21.5 Å². The molecule has 0 unspecified atom stereocenters. The van der Waals surface area contributed by atoms with Gasteiger partial charge in [0, 0.05) is 13.1 Å². The highest BCUT2D eigenvalue weighted by atomic mass is 32.2. The zero-order valence-electron chi connectivity index (χ0n) is 15.3. The van der Waals surface area contributed by atoms with E-state index in [1.165, 1.54) is 4.31 Å². The Balaban J connectivity index is 1.62. The monoisotopic (exact) mass is 394 g/mol. The second-order valence-corrected chi connectivity index (χ2v) is 9.48. The summed E-state index contributed by atoms with van der Waals surface area (Å²) in [6, 6.07) is 6.40. The number of nitrogens with one attached hydrogen (secondary N) is 1. The smallest absolute Gasteiger partial charge is 0.305 e. The van der Waals surface area contributed by atoms with Gasteiger partial charge >= 0.3 is 5.97 Å². The Hall–Kier alpha value is -1.93. The number of piperidine rings is 1. The largest absolute Gasteiger partial charge is 0.481 e. The molecule has 1 heterocycles. The average Bonchev–Trinajstić information content (AvgIpc) is 2.60. The lowest BCUT2D eigenvalue weighted by Gasteiger charge is -2.41. The van der Waals surface area contributed by atoms with Crippen molar-refractivity contribution in [1.29, 1.82) is 0 Å². The third kappa shape index (κ3) is 4.68. The molecule has 1 saturated heterocycles. The van der Waals surface area contributed by atoms with Gasteiger partial charge in [-0.25, -0.2) is 8.42 Å². The Bertz CT molecular complexity index is 794. The summed E-state index contributed by atoms with van der Waals surface area (Å²) < 4.78 is 26.8. The lowest BCUT2D eigenvalue weighted by Crippen LogP contribution is -2.55. The molecular formula is C19H26N2O5S. The molecule has 0 bridgehead atoms. The van der Waals surface area contributed by atoms with E-state index in [9.17, 15) is 18.0 Å². The van der Waals surface area contributed by atoms with Gasteiger partial charge in [-0.1, -0.05) is 18.6 Å². The van der Waals surface area contributed by atoms with Crippen molar-refractivity contribution in [1.82, 2.24) is 9.62 Å². The zero-order chi connectivity index (χ0) is 19.5. The molecule has 148 valence electrons. The fraction of sp³-hybridized carbons (Fsp3) is 0.579. The third-order valence-corrected chi connectivity index (χ3v) is 7.36. The van der Waals surface area contributed by atoms with Crippen molar-refractivity contribution in [2.75, 3.05) is 13.1 Å². The number of carbonyl (C=O) groups is 2. The number of rotatable bonds is 7. The summed E-state index contributed by atoms with van der Waals surface area (Å²) in [5.74, 6) is -1.15. The Morgan fingerprint density at radius 2 is 1.67 bits per heavy atom. The van der Waals surface area contributed by atoms with Gasteiger partial charge in [0.15, 0.2) is 0 Å². The average molecular weight is 394 g/mol. The number of sulfonamides is 1. The molecule has 3 rings (SSSR count). The highest BCUT2D eigenvalue weighted by Crippen LogP contribution is 2.35. The van der Waals surface area contributed by atoms with E-state index in [2.05, 4.69) is 5.32 Å². The predicted molar refractivity (Wildman–Crippen MR) is 99.7 cm³/mol. The maximum atomic E-state index is 12.6. The predicted octanol–water partition coefficient (Wildman–Crippen LogP) is 1.92. The normalized spacial score (nSPS) is 19.9. The molecule has 0 aromatic heterocycles. The molecule has 0 atom stereocenters. The van der Waals surface area contributed by atoms with Crippen LogP contribution >= 0.6 is 0 Å². The summed E-state index contributed by atoms with van der Waals surface area (Å²) in [5.41, 5.74) is 0.0791. The number of amides is 1. The summed E-state index contributed by atoms with van der Waals surface area (Å²) in [4.78, 5) is 23.5. The molecule has 0 spiro atoms. The summed E-state index contributed by atoms with van der Waals surface area (Å²) in [7, 11) is -3.48. The molecule has 2 aliphatic rings. The minimum atomic E-state index is -3.48. The van der Waals surface area contributed by atoms with Crippen molar-refractivity contribution >= 4 is 21.9 Å². The van der Waals surface area contributed by atoms with Gasteiger partial charge in [0.2, 0.25) is 15.9 Å². The Kier molecular flexibility index (Phi) is 5.86. The summed E-state index contributed by atoms with van der Waals surface area (Å²) >= 11 is 0. The standard InChI is InChI=1S/C19H26N2O5S/c22-17(20-19(9-4-10-19)14-18(23)24)13-15-5-7-16(8-6-15)27(25,26)21-11-2-1-3-12-21/h5-8H,1-4,9-14H2,(H,20,22)(H,23,24). The number of carboxylic acid groups (broad SMARTS) is 1. The van der Waals surface area contributed by atoms with Gasteiger partial charge < -0.3 is 10.4 Å². The van der Waals surface area contributed by atoms with E-state index in [-0.39, 0.29) is 23.6 Å². The van der Waals surface area contributed by atoms with Crippen molar-refractivity contribution in [2.24, 2.45) is 0 Å². The van der Waals surface area contributed by atoms with Gasteiger partial charge in [-0.2, -0.15) is 4.31 Å². The van der Waals surface area contributed by atoms with Crippen LogP contribution in [-0.4, -0.2) is 48.3 Å². The lowest BCUT2D eigenvalue weighted by molar-refractivity contribution is -0.140. The molecule has 1 amide bonds. The van der Waals surface area contributed by atoms with Gasteiger partial charge in [0.25, 0.3) is 0 Å². The van der Waals surface area contributed by atoms with Crippen LogP contribution in [0.25, 0.3) is 0 Å². The first-order chi connectivity index (χ1) is 12.8. The molecule has 1 aliphatic heterocycles. The molecule has 2 fully saturated rings. The Labute approximate surface area is 159 Å². The van der Waals surface area contributed by atoms with E-state index >= 15 is 0 Å². The van der Waals surface area contributed by atoms with E-state index in [4.69, 9.17) is 5.11 Å². The van der Waals surface area contributed by atoms with Crippen LogP contribution in [0.15, 0.2) is 29.2 Å². The zero-order valence-corrected chi connectivity index (χ0v) is 16.1. The second kappa shape index (κ2) is 7.98. The van der Waals surface area contributed by atoms with Crippen LogP contribution in [0.2, 0.25) is 0 Å². The first-order valence-electron chi connectivity index (χ1n) is 9.43. The van der Waals surface area contributed by atoms with Crippen molar-refractivity contribution in [3.63, 3.8) is 0 Å². The van der Waals surface area contributed by atoms with Crippen LogP contribution in [0.5, 0.6) is 0 Å². The number of hydrogen-bond acceptors (Lipinski definition) is 4. The van der Waals surface area contributed by atoms with Crippen molar-refractivity contribution in [3.05, 3.63) is 29.8 Å². The molecular weight excluding hydrogens is 368 g/mol. The number of carboxylic acids is 1. The van der Waals surface area contributed by atoms with Crippen LogP contribution in [0.1, 0.15) is 50.5 Å². The maximum absolute atomic E-state index is 12.6. The maximum Gasteiger partial charge on any atom is 0.305 e. The first-order valence-corrected chi connectivity index (χ1v) is 10.9. The van der Waals surface area contributed by atoms with Crippen molar-refractivity contribution < 1.29 is 23.1 Å². The molecule has 1 aromatic rings. The first kappa shape index (κ1) is 19.8. The van der Waals surface area contributed by atoms with Gasteiger partial charge in [-0.15, -0.1) is 0 Å². The summed E-state index contributed by atoms with van der Waals surface area (Å²) in [6.45, 7) is 1.11. The molecule has 7 nitrogen and oxygen atoms in total. The highest BCUT2D eigenvalue weighted by molar-refractivity contribution is 7.89. The Morgan fingerprint density at radius 3 is 2.19 bits per heavy atom. The Morgan fingerprint density at radius 1 is 1.04 bits per heavy atom. The molecule has 1 saturated carbocycles. The second-order valence-electron chi connectivity index (χ2n) is 7.54. The molecule has 8 heteroatoms. The minimum Gasteiger partial charge on any atom is -0.481 e. The molecule has 27 heavy (non-hydrogen) atoms. The number of carbonyl (C=O) groups excluding carboxylic acids is 1. The summed E-state index contributed by atoms with van der Waals surface area (Å²) in [6.07, 6.45) is 5.14. The van der Waals surface area contributed by atoms with Crippen LogP contribution in [0.3, 0.4) is 0 Å². The number of nitrogens with zero attached hydrogens (tertiary/aromatic N) is 1. The van der Waals surface area contributed by atoms with Crippen LogP contribution in [0, 0.1) is 0 Å². The van der Waals surface area contributed by atoms with Gasteiger partial charge in [0.1, 0.15) is 0 Å². The van der Waals surface area contributed by atoms with E-state index in [0.29, 0.717) is 31.5 Å². The van der Waals surface area contributed by atoms with E-state index in [1.807, 2.05) is 0 Å². The van der Waals surface area contributed by atoms with Crippen LogP contribution in [0.4, 0.5) is 0 Å². The fourth-order valence-electron chi connectivity index (χ4n) is 3.80. The summed E-state index contributed by atoms with van der Waals surface area (Å²) in [5, 5.41) is 11.9. The number of benzene rings is 1. The highest BCUT2D eigenvalue weighted by Gasteiger charge is 2.40. The molecule has 1 aromatic carbocycles. The number of aliphatic carboxylic acids is 1. The molecule has 0 radical (unpaired) electrons. The van der Waals surface area contributed by atoms with Gasteiger partial charge in [0.05, 0.1) is 23.3 Å². The van der Waals surface area contributed by atoms with Crippen molar-refractivity contribution in [3.8, 4) is 0 Å². The SMILES string of the molecule is O=C(O)CC1(NC(=O)Cc2ccc(S(=O)(=O)N3CCCCC3)cc2)CCC1. The van der Waals surface area contributed by atoms with Gasteiger partial charge in [-0.3, -0.25) is 9.59 Å².